The minimum absolute atomic E-state index is 0.130. The summed E-state index contributed by atoms with van der Waals surface area (Å²) in [6.07, 6.45) is 11.3. The molecule has 1 aromatic rings. The fourth-order valence-corrected chi connectivity index (χ4v) is 4.26. The Hall–Kier alpha value is -1.20. The summed E-state index contributed by atoms with van der Waals surface area (Å²) < 4.78 is 12.3. The molecule has 1 aliphatic carbocycles. The van der Waals surface area contributed by atoms with Crippen molar-refractivity contribution in [2.45, 2.75) is 44.6 Å². The Morgan fingerprint density at radius 2 is 2.26 bits per heavy atom. The Bertz CT molecular complexity index is 508. The molecule has 3 fully saturated rings. The standard InChI is InChI=1S/C18H27N3O2/c1-3-15(4-1)11-22-13-18-7-2-10-23-16(18)6-9-21(12-18)17-5-8-19-14-20-17/h5,8,14-16H,1-4,6-7,9-13H2. The highest BCUT2D eigenvalue weighted by Crippen LogP contribution is 2.41. The van der Waals surface area contributed by atoms with Crippen LogP contribution in [0, 0.1) is 11.3 Å². The van der Waals surface area contributed by atoms with E-state index in [0.29, 0.717) is 6.10 Å². The highest BCUT2D eigenvalue weighted by atomic mass is 16.5. The van der Waals surface area contributed by atoms with Gasteiger partial charge in [-0.15, -0.1) is 0 Å². The van der Waals surface area contributed by atoms with Crippen LogP contribution in [-0.2, 0) is 9.47 Å². The maximum absolute atomic E-state index is 6.18. The SMILES string of the molecule is c1cc(N2CCC3OCCCC3(COCC3CCC3)C2)ncn1. The molecule has 23 heavy (non-hydrogen) atoms. The van der Waals surface area contributed by atoms with Crippen molar-refractivity contribution in [2.24, 2.45) is 11.3 Å². The van der Waals surface area contributed by atoms with Gasteiger partial charge in [-0.05, 0) is 44.1 Å². The number of aromatic nitrogens is 2. The molecular weight excluding hydrogens is 290 g/mol. The Kier molecular flexibility index (Phi) is 4.49. The lowest BCUT2D eigenvalue weighted by molar-refractivity contribution is -0.129. The normalized spacial score (nSPS) is 31.5. The zero-order valence-electron chi connectivity index (χ0n) is 13.8. The lowest BCUT2D eigenvalue weighted by Gasteiger charge is -2.50. The van der Waals surface area contributed by atoms with Gasteiger partial charge >= 0.3 is 0 Å². The molecule has 2 unspecified atom stereocenters. The molecule has 126 valence electrons. The summed E-state index contributed by atoms with van der Waals surface area (Å²) in [5.41, 5.74) is 0.130. The van der Waals surface area contributed by atoms with Crippen molar-refractivity contribution in [1.82, 2.24) is 9.97 Å². The number of rotatable bonds is 5. The van der Waals surface area contributed by atoms with Crippen LogP contribution in [0.15, 0.2) is 18.6 Å². The molecule has 5 heteroatoms. The maximum atomic E-state index is 6.18. The Morgan fingerprint density at radius 3 is 3.04 bits per heavy atom. The van der Waals surface area contributed by atoms with Crippen LogP contribution in [0.4, 0.5) is 5.82 Å². The highest BCUT2D eigenvalue weighted by molar-refractivity contribution is 5.38. The molecule has 0 aromatic carbocycles. The second-order valence-electron chi connectivity index (χ2n) is 7.42. The smallest absolute Gasteiger partial charge is 0.131 e. The van der Waals surface area contributed by atoms with Gasteiger partial charge in [0.25, 0.3) is 0 Å². The predicted molar refractivity (Wildman–Crippen MR) is 88.4 cm³/mol. The number of piperidine rings is 1. The minimum atomic E-state index is 0.130. The summed E-state index contributed by atoms with van der Waals surface area (Å²) in [6.45, 7) is 4.66. The number of fused-ring (bicyclic) bond motifs is 1. The molecule has 3 heterocycles. The van der Waals surface area contributed by atoms with Crippen molar-refractivity contribution < 1.29 is 9.47 Å². The number of anilines is 1. The molecule has 2 aliphatic heterocycles. The van der Waals surface area contributed by atoms with E-state index < -0.39 is 0 Å². The van der Waals surface area contributed by atoms with Gasteiger partial charge in [0.05, 0.1) is 12.7 Å². The van der Waals surface area contributed by atoms with Gasteiger partial charge in [-0.1, -0.05) is 6.42 Å². The van der Waals surface area contributed by atoms with Crippen molar-refractivity contribution in [3.8, 4) is 0 Å². The molecule has 0 radical (unpaired) electrons. The molecule has 2 saturated heterocycles. The van der Waals surface area contributed by atoms with Gasteiger partial charge in [0.1, 0.15) is 12.1 Å². The van der Waals surface area contributed by atoms with Gasteiger partial charge in [0, 0.05) is 37.9 Å². The Balaban J connectivity index is 1.44. The van der Waals surface area contributed by atoms with E-state index in [0.717, 1.165) is 57.5 Å². The van der Waals surface area contributed by atoms with Crippen LogP contribution in [0.25, 0.3) is 0 Å². The first-order valence-electron chi connectivity index (χ1n) is 9.06. The molecule has 0 amide bonds. The topological polar surface area (TPSA) is 47.5 Å². The van der Waals surface area contributed by atoms with Crippen LogP contribution in [0.3, 0.4) is 0 Å². The number of nitrogens with zero attached hydrogens (tertiary/aromatic N) is 3. The van der Waals surface area contributed by atoms with E-state index in [2.05, 4.69) is 14.9 Å². The van der Waals surface area contributed by atoms with E-state index >= 15 is 0 Å². The minimum Gasteiger partial charge on any atom is -0.380 e. The molecular formula is C18H27N3O2. The Morgan fingerprint density at radius 1 is 1.30 bits per heavy atom. The third-order valence-corrected chi connectivity index (χ3v) is 5.85. The van der Waals surface area contributed by atoms with Crippen LogP contribution >= 0.6 is 0 Å². The van der Waals surface area contributed by atoms with Gasteiger partial charge < -0.3 is 14.4 Å². The van der Waals surface area contributed by atoms with E-state index in [1.54, 1.807) is 6.33 Å². The largest absolute Gasteiger partial charge is 0.380 e. The van der Waals surface area contributed by atoms with E-state index in [-0.39, 0.29) is 5.41 Å². The summed E-state index contributed by atoms with van der Waals surface area (Å²) in [5.74, 6) is 1.83. The summed E-state index contributed by atoms with van der Waals surface area (Å²) in [7, 11) is 0. The molecule has 1 saturated carbocycles. The predicted octanol–water partition coefficient (Wildman–Crippen LogP) is 2.67. The van der Waals surface area contributed by atoms with Crippen LogP contribution < -0.4 is 4.90 Å². The molecule has 5 nitrogen and oxygen atoms in total. The molecule has 0 bridgehead atoms. The molecule has 0 N–H and O–H groups in total. The number of ether oxygens (including phenoxy) is 2. The maximum Gasteiger partial charge on any atom is 0.131 e. The average molecular weight is 317 g/mol. The Labute approximate surface area is 138 Å². The summed E-state index contributed by atoms with van der Waals surface area (Å²) in [4.78, 5) is 10.9. The van der Waals surface area contributed by atoms with E-state index in [4.69, 9.17) is 9.47 Å². The lowest BCUT2D eigenvalue weighted by atomic mass is 9.73. The summed E-state index contributed by atoms with van der Waals surface area (Å²) in [5, 5.41) is 0. The third-order valence-electron chi connectivity index (χ3n) is 5.85. The summed E-state index contributed by atoms with van der Waals surface area (Å²) >= 11 is 0. The quantitative estimate of drug-likeness (QED) is 0.835. The first-order chi connectivity index (χ1) is 11.4. The van der Waals surface area contributed by atoms with Crippen LogP contribution in [0.5, 0.6) is 0 Å². The number of hydrogen-bond acceptors (Lipinski definition) is 5. The van der Waals surface area contributed by atoms with Crippen molar-refractivity contribution >= 4 is 5.82 Å². The van der Waals surface area contributed by atoms with Crippen molar-refractivity contribution in [3.05, 3.63) is 18.6 Å². The van der Waals surface area contributed by atoms with E-state index in [1.807, 2.05) is 12.3 Å². The van der Waals surface area contributed by atoms with Gasteiger partial charge in [0.15, 0.2) is 0 Å². The van der Waals surface area contributed by atoms with Crippen LogP contribution in [0.2, 0.25) is 0 Å². The fourth-order valence-electron chi connectivity index (χ4n) is 4.26. The van der Waals surface area contributed by atoms with E-state index in [1.165, 1.54) is 25.7 Å². The third kappa shape index (κ3) is 3.22. The molecule has 1 aromatic heterocycles. The highest BCUT2D eigenvalue weighted by Gasteiger charge is 2.46. The molecule has 3 aliphatic rings. The summed E-state index contributed by atoms with van der Waals surface area (Å²) in [6, 6.07) is 2.01. The van der Waals surface area contributed by atoms with E-state index in [9.17, 15) is 0 Å². The fraction of sp³-hybridized carbons (Fsp3) is 0.778. The average Bonchev–Trinajstić information content (AvgIpc) is 2.57. The van der Waals surface area contributed by atoms with Crippen LogP contribution in [-0.4, -0.2) is 49.0 Å². The van der Waals surface area contributed by atoms with Gasteiger partial charge in [-0.3, -0.25) is 0 Å². The van der Waals surface area contributed by atoms with Gasteiger partial charge in [0.2, 0.25) is 0 Å². The second-order valence-corrected chi connectivity index (χ2v) is 7.42. The van der Waals surface area contributed by atoms with Crippen molar-refractivity contribution in [1.29, 1.82) is 0 Å². The van der Waals surface area contributed by atoms with Crippen LogP contribution in [0.1, 0.15) is 38.5 Å². The lowest BCUT2D eigenvalue weighted by Crippen LogP contribution is -2.57. The van der Waals surface area contributed by atoms with Crippen molar-refractivity contribution in [3.63, 3.8) is 0 Å². The molecule has 4 rings (SSSR count). The zero-order chi connectivity index (χ0) is 15.5. The van der Waals surface area contributed by atoms with Gasteiger partial charge in [-0.2, -0.15) is 0 Å². The van der Waals surface area contributed by atoms with Gasteiger partial charge in [-0.25, -0.2) is 9.97 Å². The first kappa shape index (κ1) is 15.3. The first-order valence-corrected chi connectivity index (χ1v) is 9.06. The molecule has 2 atom stereocenters. The zero-order valence-corrected chi connectivity index (χ0v) is 13.8. The monoisotopic (exact) mass is 317 g/mol. The molecule has 0 spiro atoms. The second kappa shape index (κ2) is 6.73. The van der Waals surface area contributed by atoms with Crippen molar-refractivity contribution in [2.75, 3.05) is 37.8 Å². The number of hydrogen-bond donors (Lipinski definition) is 0.